The number of methoxy groups -OCH3 is 1. The third kappa shape index (κ3) is 4.29. The number of carbonyl (C=O) groups excluding carboxylic acids is 3. The Bertz CT molecular complexity index is 915. The number of esters is 1. The Hall–Kier alpha value is -3.26. The summed E-state index contributed by atoms with van der Waals surface area (Å²) in [4.78, 5) is 35.9. The number of hydrogen-bond acceptors (Lipinski definition) is 6. The van der Waals surface area contributed by atoms with Gasteiger partial charge in [0.25, 0.3) is 0 Å². The predicted octanol–water partition coefficient (Wildman–Crippen LogP) is 2.48. The molecule has 1 heterocycles. The minimum atomic E-state index is -0.950. The van der Waals surface area contributed by atoms with Crippen LogP contribution in [-0.2, 0) is 14.3 Å². The Morgan fingerprint density at radius 2 is 1.67 bits per heavy atom. The van der Waals surface area contributed by atoms with Crippen LogP contribution >= 0.6 is 11.6 Å². The molecular weight excluding hydrogens is 376 g/mol. The first-order valence-electron chi connectivity index (χ1n) is 7.88. The number of fused-ring (bicyclic) bond motifs is 1. The lowest BCUT2D eigenvalue weighted by Gasteiger charge is -2.19. The van der Waals surface area contributed by atoms with E-state index in [-0.39, 0.29) is 16.3 Å². The molecule has 0 unspecified atom stereocenters. The van der Waals surface area contributed by atoms with Crippen molar-refractivity contribution in [1.82, 2.24) is 0 Å². The van der Waals surface area contributed by atoms with E-state index in [0.29, 0.717) is 30.4 Å². The molecule has 2 amide bonds. The molecule has 0 bridgehead atoms. The van der Waals surface area contributed by atoms with Crippen molar-refractivity contribution >= 4 is 40.8 Å². The van der Waals surface area contributed by atoms with Crippen LogP contribution < -0.4 is 20.1 Å². The topological polar surface area (TPSA) is 103 Å². The highest BCUT2D eigenvalue weighted by atomic mass is 35.5. The van der Waals surface area contributed by atoms with Crippen LogP contribution in [0.5, 0.6) is 11.5 Å². The average Bonchev–Trinajstić information content (AvgIpc) is 2.68. The molecule has 0 atom stereocenters. The number of halogens is 1. The summed E-state index contributed by atoms with van der Waals surface area (Å²) in [6.07, 6.45) is 0. The molecule has 0 saturated carbocycles. The third-order valence-corrected chi connectivity index (χ3v) is 3.97. The summed E-state index contributed by atoms with van der Waals surface area (Å²) in [5.41, 5.74) is 0.667. The fourth-order valence-corrected chi connectivity index (χ4v) is 2.52. The summed E-state index contributed by atoms with van der Waals surface area (Å²) in [7, 11) is 1.23. The standard InChI is InChI=1S/C18H15ClN2O6/c1-25-18(24)10-2-4-12(19)13(8-10)21-17(23)16(22)20-11-3-5-14-15(9-11)27-7-6-26-14/h2-5,8-9H,6-7H2,1H3,(H,20,22)(H,21,23). The van der Waals surface area contributed by atoms with Gasteiger partial charge < -0.3 is 24.8 Å². The molecule has 0 radical (unpaired) electrons. The number of amides is 2. The smallest absolute Gasteiger partial charge is 0.337 e. The summed E-state index contributed by atoms with van der Waals surface area (Å²) in [6.45, 7) is 0.854. The van der Waals surface area contributed by atoms with Crippen molar-refractivity contribution in [3.8, 4) is 11.5 Å². The van der Waals surface area contributed by atoms with E-state index >= 15 is 0 Å². The molecule has 0 aliphatic carbocycles. The molecular formula is C18H15ClN2O6. The van der Waals surface area contributed by atoms with Crippen molar-refractivity contribution < 1.29 is 28.6 Å². The molecule has 9 heteroatoms. The van der Waals surface area contributed by atoms with Crippen LogP contribution in [0.2, 0.25) is 5.02 Å². The summed E-state index contributed by atoms with van der Waals surface area (Å²) in [5, 5.41) is 4.99. The van der Waals surface area contributed by atoms with Gasteiger partial charge in [0, 0.05) is 11.8 Å². The Kier molecular flexibility index (Phi) is 5.46. The van der Waals surface area contributed by atoms with E-state index < -0.39 is 17.8 Å². The summed E-state index contributed by atoms with van der Waals surface area (Å²) in [5.74, 6) is -1.41. The molecule has 1 aliphatic rings. The van der Waals surface area contributed by atoms with Gasteiger partial charge in [0.05, 0.1) is 23.4 Å². The van der Waals surface area contributed by atoms with Gasteiger partial charge in [-0.25, -0.2) is 4.79 Å². The monoisotopic (exact) mass is 390 g/mol. The fourth-order valence-electron chi connectivity index (χ4n) is 2.35. The number of anilines is 2. The summed E-state index contributed by atoms with van der Waals surface area (Å²) < 4.78 is 15.4. The zero-order valence-corrected chi connectivity index (χ0v) is 15.0. The number of ether oxygens (including phenoxy) is 3. The molecule has 1 aliphatic heterocycles. The molecule has 0 spiro atoms. The van der Waals surface area contributed by atoms with E-state index in [1.165, 1.54) is 25.3 Å². The Morgan fingerprint density at radius 1 is 0.963 bits per heavy atom. The van der Waals surface area contributed by atoms with Crippen LogP contribution in [0.3, 0.4) is 0 Å². The van der Waals surface area contributed by atoms with Crippen molar-refractivity contribution in [3.05, 3.63) is 47.0 Å². The SMILES string of the molecule is COC(=O)c1ccc(Cl)c(NC(=O)C(=O)Nc2ccc3c(c2)OCCO3)c1. The highest BCUT2D eigenvalue weighted by Crippen LogP contribution is 2.32. The molecule has 140 valence electrons. The molecule has 3 rings (SSSR count). The number of carbonyl (C=O) groups is 3. The normalized spacial score (nSPS) is 12.1. The Labute approximate surface area is 159 Å². The molecule has 2 aromatic carbocycles. The first-order chi connectivity index (χ1) is 13.0. The van der Waals surface area contributed by atoms with Crippen LogP contribution in [0, 0.1) is 0 Å². The van der Waals surface area contributed by atoms with E-state index in [2.05, 4.69) is 15.4 Å². The van der Waals surface area contributed by atoms with Crippen molar-refractivity contribution in [2.45, 2.75) is 0 Å². The number of hydrogen-bond donors (Lipinski definition) is 2. The lowest BCUT2D eigenvalue weighted by molar-refractivity contribution is -0.132. The second kappa shape index (κ2) is 7.96. The molecule has 0 saturated heterocycles. The van der Waals surface area contributed by atoms with E-state index in [4.69, 9.17) is 21.1 Å². The van der Waals surface area contributed by atoms with Crippen LogP contribution in [-0.4, -0.2) is 38.1 Å². The van der Waals surface area contributed by atoms with Gasteiger partial charge in [-0.05, 0) is 30.3 Å². The van der Waals surface area contributed by atoms with Crippen molar-refractivity contribution in [2.75, 3.05) is 31.0 Å². The van der Waals surface area contributed by atoms with Crippen LogP contribution in [0.4, 0.5) is 11.4 Å². The number of benzene rings is 2. The maximum absolute atomic E-state index is 12.2. The predicted molar refractivity (Wildman–Crippen MR) is 97.5 cm³/mol. The van der Waals surface area contributed by atoms with Crippen molar-refractivity contribution in [1.29, 1.82) is 0 Å². The van der Waals surface area contributed by atoms with Crippen molar-refractivity contribution in [2.24, 2.45) is 0 Å². The molecule has 0 aromatic heterocycles. The van der Waals surface area contributed by atoms with Crippen LogP contribution in [0.15, 0.2) is 36.4 Å². The molecule has 2 aromatic rings. The Balaban J connectivity index is 1.69. The van der Waals surface area contributed by atoms with Crippen LogP contribution in [0.25, 0.3) is 0 Å². The third-order valence-electron chi connectivity index (χ3n) is 3.64. The highest BCUT2D eigenvalue weighted by Gasteiger charge is 2.18. The maximum atomic E-state index is 12.2. The van der Waals surface area contributed by atoms with Crippen LogP contribution in [0.1, 0.15) is 10.4 Å². The Morgan fingerprint density at radius 3 is 2.41 bits per heavy atom. The molecule has 8 nitrogen and oxygen atoms in total. The van der Waals surface area contributed by atoms with Gasteiger partial charge in [-0.1, -0.05) is 11.6 Å². The molecule has 0 fully saturated rings. The van der Waals surface area contributed by atoms with E-state index in [1.54, 1.807) is 18.2 Å². The van der Waals surface area contributed by atoms with E-state index in [1.807, 2.05) is 0 Å². The van der Waals surface area contributed by atoms with Gasteiger partial charge in [-0.3, -0.25) is 9.59 Å². The fraction of sp³-hybridized carbons (Fsp3) is 0.167. The second-order valence-corrected chi connectivity index (χ2v) is 5.86. The zero-order chi connectivity index (χ0) is 19.4. The van der Waals surface area contributed by atoms with Crippen molar-refractivity contribution in [3.63, 3.8) is 0 Å². The number of nitrogens with one attached hydrogen (secondary N) is 2. The lowest BCUT2D eigenvalue weighted by atomic mass is 10.2. The van der Waals surface area contributed by atoms with E-state index in [0.717, 1.165) is 0 Å². The maximum Gasteiger partial charge on any atom is 0.337 e. The second-order valence-electron chi connectivity index (χ2n) is 5.45. The largest absolute Gasteiger partial charge is 0.486 e. The highest BCUT2D eigenvalue weighted by molar-refractivity contribution is 6.44. The summed E-state index contributed by atoms with van der Waals surface area (Å²) in [6, 6.07) is 8.97. The lowest BCUT2D eigenvalue weighted by Crippen LogP contribution is -2.29. The van der Waals surface area contributed by atoms with Gasteiger partial charge in [0.15, 0.2) is 11.5 Å². The van der Waals surface area contributed by atoms with Gasteiger partial charge in [0.2, 0.25) is 0 Å². The minimum Gasteiger partial charge on any atom is -0.486 e. The minimum absolute atomic E-state index is 0.113. The van der Waals surface area contributed by atoms with Gasteiger partial charge in [-0.2, -0.15) is 0 Å². The van der Waals surface area contributed by atoms with Gasteiger partial charge >= 0.3 is 17.8 Å². The zero-order valence-electron chi connectivity index (χ0n) is 14.2. The number of rotatable bonds is 3. The quantitative estimate of drug-likeness (QED) is 0.616. The molecule has 27 heavy (non-hydrogen) atoms. The van der Waals surface area contributed by atoms with E-state index in [9.17, 15) is 14.4 Å². The molecule has 2 N–H and O–H groups in total. The van der Waals surface area contributed by atoms with Gasteiger partial charge in [0.1, 0.15) is 13.2 Å². The van der Waals surface area contributed by atoms with Gasteiger partial charge in [-0.15, -0.1) is 0 Å². The average molecular weight is 391 g/mol. The summed E-state index contributed by atoms with van der Waals surface area (Å²) >= 11 is 6.00. The first-order valence-corrected chi connectivity index (χ1v) is 8.25. The first kappa shape index (κ1) is 18.5.